The van der Waals surface area contributed by atoms with Gasteiger partial charge < -0.3 is 4.74 Å². The standard InChI is InChI=1S/C19H19ClN4O4S2/c1-12-3-8-16(13(2)11-12)28-10-9-21-30(26,27)19-24-23-18(29-19)22-17(25)14-4-6-15(20)7-5-14/h3-8,11,21H,9-10H2,1-2H3,(H,22,23,25). The molecule has 3 aromatic rings. The van der Waals surface area contributed by atoms with Crippen molar-refractivity contribution in [1.29, 1.82) is 0 Å². The van der Waals surface area contributed by atoms with Crippen molar-refractivity contribution < 1.29 is 17.9 Å². The first-order valence-corrected chi connectivity index (χ1v) is 11.5. The lowest BCUT2D eigenvalue weighted by Gasteiger charge is -2.10. The van der Waals surface area contributed by atoms with E-state index in [0.29, 0.717) is 16.3 Å². The van der Waals surface area contributed by atoms with Gasteiger partial charge in [-0.05, 0) is 49.7 Å². The van der Waals surface area contributed by atoms with Crippen LogP contribution in [0.3, 0.4) is 0 Å². The molecule has 0 unspecified atom stereocenters. The lowest BCUT2D eigenvalue weighted by atomic mass is 10.1. The summed E-state index contributed by atoms with van der Waals surface area (Å²) in [5.41, 5.74) is 2.46. The van der Waals surface area contributed by atoms with Gasteiger partial charge in [-0.1, -0.05) is 40.6 Å². The smallest absolute Gasteiger partial charge is 0.269 e. The van der Waals surface area contributed by atoms with E-state index in [1.165, 1.54) is 0 Å². The van der Waals surface area contributed by atoms with E-state index >= 15 is 0 Å². The summed E-state index contributed by atoms with van der Waals surface area (Å²) >= 11 is 6.55. The highest BCUT2D eigenvalue weighted by Crippen LogP contribution is 2.21. The predicted octanol–water partition coefficient (Wildman–Crippen LogP) is 3.42. The number of aryl methyl sites for hydroxylation is 2. The summed E-state index contributed by atoms with van der Waals surface area (Å²) in [6, 6.07) is 12.0. The zero-order valence-corrected chi connectivity index (χ0v) is 18.6. The first kappa shape index (κ1) is 22.2. The molecule has 0 aliphatic rings. The molecule has 2 aromatic carbocycles. The van der Waals surface area contributed by atoms with E-state index in [-0.39, 0.29) is 22.6 Å². The number of benzene rings is 2. The fourth-order valence-corrected chi connectivity index (χ4v) is 4.57. The van der Waals surface area contributed by atoms with E-state index in [1.807, 2.05) is 32.0 Å². The van der Waals surface area contributed by atoms with E-state index in [4.69, 9.17) is 16.3 Å². The summed E-state index contributed by atoms with van der Waals surface area (Å²) in [6.07, 6.45) is 0. The third-order valence-electron chi connectivity index (χ3n) is 3.95. The molecule has 0 fully saturated rings. The van der Waals surface area contributed by atoms with Crippen LogP contribution in [0.5, 0.6) is 5.75 Å². The molecule has 0 radical (unpaired) electrons. The minimum Gasteiger partial charge on any atom is -0.492 e. The molecule has 0 atom stereocenters. The van der Waals surface area contributed by atoms with Gasteiger partial charge in [-0.3, -0.25) is 10.1 Å². The van der Waals surface area contributed by atoms with Gasteiger partial charge in [0.2, 0.25) is 9.47 Å². The van der Waals surface area contributed by atoms with Crippen molar-refractivity contribution in [2.75, 3.05) is 18.5 Å². The summed E-state index contributed by atoms with van der Waals surface area (Å²) in [6.45, 7) is 4.12. The molecule has 30 heavy (non-hydrogen) atoms. The number of amides is 1. The average Bonchev–Trinajstić information content (AvgIpc) is 3.16. The third kappa shape index (κ3) is 5.76. The van der Waals surface area contributed by atoms with Gasteiger partial charge in [-0.15, -0.1) is 10.2 Å². The molecule has 158 valence electrons. The normalized spacial score (nSPS) is 11.3. The van der Waals surface area contributed by atoms with Gasteiger partial charge in [0.25, 0.3) is 15.9 Å². The van der Waals surface area contributed by atoms with Crippen LogP contribution in [0.4, 0.5) is 5.13 Å². The highest BCUT2D eigenvalue weighted by Gasteiger charge is 2.21. The molecule has 2 N–H and O–H groups in total. The van der Waals surface area contributed by atoms with Crippen LogP contribution in [0.15, 0.2) is 46.8 Å². The van der Waals surface area contributed by atoms with Crippen molar-refractivity contribution in [3.05, 3.63) is 64.2 Å². The van der Waals surface area contributed by atoms with E-state index in [0.717, 1.165) is 22.5 Å². The van der Waals surface area contributed by atoms with Crippen LogP contribution in [0.25, 0.3) is 0 Å². The largest absolute Gasteiger partial charge is 0.492 e. The summed E-state index contributed by atoms with van der Waals surface area (Å²) < 4.78 is 32.5. The number of rotatable bonds is 8. The Bertz CT molecular complexity index is 1150. The molecule has 0 bridgehead atoms. The van der Waals surface area contributed by atoms with Crippen molar-refractivity contribution in [2.24, 2.45) is 0 Å². The van der Waals surface area contributed by atoms with Gasteiger partial charge in [-0.2, -0.15) is 0 Å². The quantitative estimate of drug-likeness (QED) is 0.388. The molecule has 1 heterocycles. The van der Waals surface area contributed by atoms with Crippen molar-refractivity contribution in [1.82, 2.24) is 14.9 Å². The number of hydrogen-bond acceptors (Lipinski definition) is 7. The fourth-order valence-electron chi connectivity index (χ4n) is 2.50. The average molecular weight is 467 g/mol. The minimum absolute atomic E-state index is 0.0572. The number of halogens is 1. The topological polar surface area (TPSA) is 110 Å². The predicted molar refractivity (Wildman–Crippen MR) is 116 cm³/mol. The van der Waals surface area contributed by atoms with Crippen molar-refractivity contribution in [2.45, 2.75) is 18.2 Å². The Morgan fingerprint density at radius 1 is 1.13 bits per heavy atom. The number of aromatic nitrogens is 2. The molecule has 0 saturated carbocycles. The fraction of sp³-hybridized carbons (Fsp3) is 0.211. The zero-order valence-electron chi connectivity index (χ0n) is 16.2. The highest BCUT2D eigenvalue weighted by atomic mass is 35.5. The molecular weight excluding hydrogens is 448 g/mol. The Kier molecular flexibility index (Phi) is 7.03. The van der Waals surface area contributed by atoms with Crippen LogP contribution in [-0.4, -0.2) is 37.7 Å². The second kappa shape index (κ2) is 9.52. The summed E-state index contributed by atoms with van der Waals surface area (Å²) in [7, 11) is -3.87. The molecule has 0 aliphatic carbocycles. The van der Waals surface area contributed by atoms with Gasteiger partial charge in [0.15, 0.2) is 0 Å². The monoisotopic (exact) mass is 466 g/mol. The number of ether oxygens (including phenoxy) is 1. The number of anilines is 1. The first-order valence-electron chi connectivity index (χ1n) is 8.85. The maximum atomic E-state index is 12.4. The molecular formula is C19H19ClN4O4S2. The van der Waals surface area contributed by atoms with Gasteiger partial charge in [0.1, 0.15) is 12.4 Å². The zero-order chi connectivity index (χ0) is 21.7. The molecule has 1 amide bonds. The second-order valence-corrected chi connectivity index (χ2v) is 9.70. The van der Waals surface area contributed by atoms with E-state index < -0.39 is 15.9 Å². The van der Waals surface area contributed by atoms with Crippen LogP contribution in [0.1, 0.15) is 21.5 Å². The van der Waals surface area contributed by atoms with Crippen molar-refractivity contribution >= 4 is 44.0 Å². The maximum absolute atomic E-state index is 12.4. The minimum atomic E-state index is -3.87. The van der Waals surface area contributed by atoms with Crippen LogP contribution in [0.2, 0.25) is 5.02 Å². The molecule has 1 aromatic heterocycles. The van der Waals surface area contributed by atoms with Crippen LogP contribution < -0.4 is 14.8 Å². The Balaban J connectivity index is 1.54. The number of hydrogen-bond donors (Lipinski definition) is 2. The number of carbonyl (C=O) groups is 1. The Hall–Kier alpha value is -2.53. The summed E-state index contributed by atoms with van der Waals surface area (Å²) in [5.74, 6) is 0.254. The molecule has 8 nitrogen and oxygen atoms in total. The summed E-state index contributed by atoms with van der Waals surface area (Å²) in [5, 5.41) is 10.5. The van der Waals surface area contributed by atoms with Gasteiger partial charge in [0, 0.05) is 17.1 Å². The number of carbonyl (C=O) groups excluding carboxylic acids is 1. The number of nitrogens with one attached hydrogen (secondary N) is 2. The maximum Gasteiger partial charge on any atom is 0.269 e. The van der Waals surface area contributed by atoms with Gasteiger partial charge in [-0.25, -0.2) is 13.1 Å². The highest BCUT2D eigenvalue weighted by molar-refractivity contribution is 7.91. The third-order valence-corrected chi connectivity index (χ3v) is 6.86. The van der Waals surface area contributed by atoms with Crippen LogP contribution in [0, 0.1) is 13.8 Å². The van der Waals surface area contributed by atoms with Crippen molar-refractivity contribution in [3.8, 4) is 5.75 Å². The number of nitrogens with zero attached hydrogens (tertiary/aromatic N) is 2. The molecule has 0 spiro atoms. The first-order chi connectivity index (χ1) is 14.2. The Morgan fingerprint density at radius 3 is 2.57 bits per heavy atom. The molecule has 3 rings (SSSR count). The SMILES string of the molecule is Cc1ccc(OCCNS(=O)(=O)c2nnc(NC(=O)c3ccc(Cl)cc3)s2)c(C)c1. The number of sulfonamides is 1. The molecule has 11 heteroatoms. The van der Waals surface area contributed by atoms with Crippen molar-refractivity contribution in [3.63, 3.8) is 0 Å². The lowest BCUT2D eigenvalue weighted by Crippen LogP contribution is -2.28. The van der Waals surface area contributed by atoms with E-state index in [1.54, 1.807) is 24.3 Å². The Labute approximate surface area is 183 Å². The Morgan fingerprint density at radius 2 is 1.87 bits per heavy atom. The summed E-state index contributed by atoms with van der Waals surface area (Å²) in [4.78, 5) is 12.2. The van der Waals surface area contributed by atoms with Crippen LogP contribution >= 0.6 is 22.9 Å². The van der Waals surface area contributed by atoms with E-state index in [9.17, 15) is 13.2 Å². The van der Waals surface area contributed by atoms with E-state index in [2.05, 4.69) is 20.2 Å². The molecule has 0 saturated heterocycles. The molecule has 0 aliphatic heterocycles. The lowest BCUT2D eigenvalue weighted by molar-refractivity contribution is 0.102. The van der Waals surface area contributed by atoms with Gasteiger partial charge in [0.05, 0.1) is 0 Å². The van der Waals surface area contributed by atoms with Crippen LogP contribution in [-0.2, 0) is 10.0 Å². The second-order valence-electron chi connectivity index (χ2n) is 6.35. The van der Waals surface area contributed by atoms with Gasteiger partial charge >= 0.3 is 0 Å².